The molecule has 0 aromatic rings. The first-order chi connectivity index (χ1) is 11.8. The van der Waals surface area contributed by atoms with E-state index in [0.29, 0.717) is 17.8 Å². The van der Waals surface area contributed by atoms with E-state index in [0.717, 1.165) is 52.2 Å². The summed E-state index contributed by atoms with van der Waals surface area (Å²) in [5, 5.41) is 0. The minimum atomic E-state index is 0.161. The Hall–Kier alpha value is -1.36. The van der Waals surface area contributed by atoms with Crippen molar-refractivity contribution in [2.24, 2.45) is 17.8 Å². The van der Waals surface area contributed by atoms with Gasteiger partial charge >= 0.3 is 0 Å². The van der Waals surface area contributed by atoms with E-state index in [4.69, 9.17) is 0 Å². The van der Waals surface area contributed by atoms with Gasteiger partial charge < -0.3 is 9.80 Å². The number of hydrogen-bond acceptors (Lipinski definition) is 3. The average molecular weight is 350 g/mol. The van der Waals surface area contributed by atoms with Crippen molar-refractivity contribution in [1.29, 1.82) is 0 Å². The van der Waals surface area contributed by atoms with Gasteiger partial charge in [0.15, 0.2) is 0 Å². The van der Waals surface area contributed by atoms with Gasteiger partial charge in [0.25, 0.3) is 0 Å². The van der Waals surface area contributed by atoms with Crippen LogP contribution in [0.15, 0.2) is 11.6 Å². The summed E-state index contributed by atoms with van der Waals surface area (Å²) in [4.78, 5) is 29.9. The number of amides is 2. The van der Waals surface area contributed by atoms with E-state index in [1.165, 1.54) is 5.57 Å². The maximum atomic E-state index is 12.1. The Labute approximate surface area is 153 Å². The Kier molecular flexibility index (Phi) is 7.05. The maximum absolute atomic E-state index is 12.1. The molecule has 25 heavy (non-hydrogen) atoms. The van der Waals surface area contributed by atoms with Crippen LogP contribution in [0.25, 0.3) is 0 Å². The maximum Gasteiger partial charge on any atom is 0.219 e. The molecule has 5 nitrogen and oxygen atoms in total. The Balaban J connectivity index is 1.85. The van der Waals surface area contributed by atoms with Crippen molar-refractivity contribution in [3.63, 3.8) is 0 Å². The van der Waals surface area contributed by atoms with Gasteiger partial charge in [-0.25, -0.2) is 0 Å². The highest BCUT2D eigenvalue weighted by Gasteiger charge is 2.29. The van der Waals surface area contributed by atoms with Crippen LogP contribution >= 0.6 is 0 Å². The van der Waals surface area contributed by atoms with Crippen LogP contribution in [0.4, 0.5) is 0 Å². The van der Waals surface area contributed by atoms with E-state index in [2.05, 4.69) is 31.7 Å². The normalized spacial score (nSPS) is 27.8. The van der Waals surface area contributed by atoms with Crippen molar-refractivity contribution in [3.8, 4) is 0 Å². The first-order valence-corrected chi connectivity index (χ1v) is 9.68. The monoisotopic (exact) mass is 349 g/mol. The molecule has 0 unspecified atom stereocenters. The third-order valence-corrected chi connectivity index (χ3v) is 5.98. The zero-order chi connectivity index (χ0) is 18.6. The summed E-state index contributed by atoms with van der Waals surface area (Å²) in [7, 11) is 0. The molecular formula is C20H35N3O2. The second-order valence-corrected chi connectivity index (χ2v) is 8.03. The Morgan fingerprint density at radius 1 is 1.16 bits per heavy atom. The molecular weight excluding hydrogens is 314 g/mol. The summed E-state index contributed by atoms with van der Waals surface area (Å²) in [5.41, 5.74) is 1.48. The number of rotatable bonds is 5. The second-order valence-electron chi connectivity index (χ2n) is 8.03. The van der Waals surface area contributed by atoms with Gasteiger partial charge in [-0.05, 0) is 31.1 Å². The van der Waals surface area contributed by atoms with Crippen LogP contribution in [0.2, 0.25) is 0 Å². The van der Waals surface area contributed by atoms with Crippen LogP contribution in [0.3, 0.4) is 0 Å². The molecule has 2 amide bonds. The lowest BCUT2D eigenvalue weighted by atomic mass is 9.75. The molecule has 0 radical (unpaired) electrons. The van der Waals surface area contributed by atoms with Crippen LogP contribution in [-0.4, -0.2) is 72.3 Å². The van der Waals surface area contributed by atoms with Gasteiger partial charge in [-0.3, -0.25) is 14.5 Å². The average Bonchev–Trinajstić information content (AvgIpc) is 2.53. The molecule has 0 bridgehead atoms. The lowest BCUT2D eigenvalue weighted by Gasteiger charge is -2.38. The third-order valence-electron chi connectivity index (χ3n) is 5.98. The van der Waals surface area contributed by atoms with E-state index >= 15 is 0 Å². The standard InChI is InChI=1S/C20H35N3O2/c1-15-12-16(2)20(17(3)13-15)14-23(19(5)25)11-8-21-6-9-22(10-7-21)18(4)24/h12,16-17,20H,6-11,13-14H2,1-5H3/t16-,17+,20+/m1/s1. The molecule has 0 N–H and O–H groups in total. The van der Waals surface area contributed by atoms with Crippen LogP contribution in [-0.2, 0) is 9.59 Å². The molecule has 2 rings (SSSR count). The number of nitrogens with zero attached hydrogens (tertiary/aromatic N) is 3. The van der Waals surface area contributed by atoms with Crippen LogP contribution in [0, 0.1) is 17.8 Å². The molecule has 0 saturated carbocycles. The summed E-state index contributed by atoms with van der Waals surface area (Å²) >= 11 is 0. The zero-order valence-electron chi connectivity index (χ0n) is 16.6. The molecule has 5 heteroatoms. The molecule has 1 aliphatic carbocycles. The van der Waals surface area contributed by atoms with Gasteiger partial charge in [0.05, 0.1) is 0 Å². The fourth-order valence-electron chi connectivity index (χ4n) is 4.34. The zero-order valence-corrected chi connectivity index (χ0v) is 16.6. The molecule has 1 fully saturated rings. The molecule has 2 aliphatic rings. The van der Waals surface area contributed by atoms with Crippen molar-refractivity contribution < 1.29 is 9.59 Å². The molecule has 0 spiro atoms. The predicted molar refractivity (Wildman–Crippen MR) is 101 cm³/mol. The minimum absolute atomic E-state index is 0.161. The van der Waals surface area contributed by atoms with Crippen molar-refractivity contribution in [2.75, 3.05) is 45.8 Å². The molecule has 142 valence electrons. The summed E-state index contributed by atoms with van der Waals surface area (Å²) in [6, 6.07) is 0. The van der Waals surface area contributed by atoms with Gasteiger partial charge in [0.1, 0.15) is 0 Å². The van der Waals surface area contributed by atoms with E-state index in [9.17, 15) is 9.59 Å². The minimum Gasteiger partial charge on any atom is -0.341 e. The number of allylic oxidation sites excluding steroid dienone is 2. The molecule has 1 aliphatic heterocycles. The lowest BCUT2D eigenvalue weighted by molar-refractivity contribution is -0.130. The molecule has 3 atom stereocenters. The van der Waals surface area contributed by atoms with Gasteiger partial charge in [-0.2, -0.15) is 0 Å². The highest BCUT2D eigenvalue weighted by molar-refractivity contribution is 5.73. The topological polar surface area (TPSA) is 43.9 Å². The lowest BCUT2D eigenvalue weighted by Crippen LogP contribution is -2.50. The highest BCUT2D eigenvalue weighted by Crippen LogP contribution is 2.34. The fourth-order valence-corrected chi connectivity index (χ4v) is 4.34. The smallest absolute Gasteiger partial charge is 0.219 e. The Bertz CT molecular complexity index is 509. The SMILES string of the molecule is CC(=O)N1CCN(CCN(C[C@H]2[C@H](C)C=C(C)C[C@@H]2C)C(C)=O)CC1. The summed E-state index contributed by atoms with van der Waals surface area (Å²) in [6.07, 6.45) is 3.53. The highest BCUT2D eigenvalue weighted by atomic mass is 16.2. The Morgan fingerprint density at radius 2 is 1.80 bits per heavy atom. The summed E-state index contributed by atoms with van der Waals surface area (Å²) in [5.74, 6) is 2.04. The van der Waals surface area contributed by atoms with Crippen LogP contribution in [0.5, 0.6) is 0 Å². The molecule has 1 heterocycles. The number of hydrogen-bond donors (Lipinski definition) is 0. The van der Waals surface area contributed by atoms with Crippen molar-refractivity contribution in [3.05, 3.63) is 11.6 Å². The van der Waals surface area contributed by atoms with Crippen LogP contribution in [0.1, 0.15) is 41.0 Å². The quantitative estimate of drug-likeness (QED) is 0.715. The van der Waals surface area contributed by atoms with E-state index in [1.54, 1.807) is 13.8 Å². The van der Waals surface area contributed by atoms with Crippen molar-refractivity contribution in [1.82, 2.24) is 14.7 Å². The molecule has 1 saturated heterocycles. The molecule has 0 aromatic carbocycles. The predicted octanol–water partition coefficient (Wildman–Crippen LogP) is 2.24. The van der Waals surface area contributed by atoms with Gasteiger partial charge in [-0.1, -0.05) is 25.5 Å². The first-order valence-electron chi connectivity index (χ1n) is 9.68. The largest absolute Gasteiger partial charge is 0.341 e. The number of carbonyl (C=O) groups is 2. The molecule has 0 aromatic heterocycles. The number of piperazine rings is 1. The third kappa shape index (κ3) is 5.56. The second kappa shape index (κ2) is 8.84. The van der Waals surface area contributed by atoms with Gasteiger partial charge in [0, 0.05) is 59.7 Å². The van der Waals surface area contributed by atoms with Crippen molar-refractivity contribution in [2.45, 2.75) is 41.0 Å². The van der Waals surface area contributed by atoms with E-state index < -0.39 is 0 Å². The van der Waals surface area contributed by atoms with E-state index in [1.807, 2.05) is 9.80 Å². The first kappa shape index (κ1) is 20.0. The van der Waals surface area contributed by atoms with Gasteiger partial charge in [-0.15, -0.1) is 0 Å². The van der Waals surface area contributed by atoms with Crippen molar-refractivity contribution >= 4 is 11.8 Å². The number of carbonyl (C=O) groups excluding carboxylic acids is 2. The van der Waals surface area contributed by atoms with Crippen LogP contribution < -0.4 is 0 Å². The Morgan fingerprint density at radius 3 is 2.32 bits per heavy atom. The summed E-state index contributed by atoms with van der Waals surface area (Å²) < 4.78 is 0. The van der Waals surface area contributed by atoms with Gasteiger partial charge in [0.2, 0.25) is 11.8 Å². The fraction of sp³-hybridized carbons (Fsp3) is 0.800. The van der Waals surface area contributed by atoms with E-state index in [-0.39, 0.29) is 11.8 Å². The summed E-state index contributed by atoms with van der Waals surface area (Å²) in [6.45, 7) is 16.1.